The molecule has 2 fully saturated rings. The number of amides is 1. The fourth-order valence-electron chi connectivity index (χ4n) is 2.64. The number of rotatable bonds is 2. The summed E-state index contributed by atoms with van der Waals surface area (Å²) >= 11 is 0. The van der Waals surface area contributed by atoms with Gasteiger partial charge in [-0.15, -0.1) is 0 Å². The fourth-order valence-corrected chi connectivity index (χ4v) is 2.64. The lowest BCUT2D eigenvalue weighted by Gasteiger charge is -2.35. The van der Waals surface area contributed by atoms with Gasteiger partial charge >= 0.3 is 0 Å². The first kappa shape index (κ1) is 9.85. The average Bonchev–Trinajstić information content (AvgIpc) is 3.12. The highest BCUT2D eigenvalue weighted by Gasteiger charge is 2.51. The van der Waals surface area contributed by atoms with Gasteiger partial charge in [-0.25, -0.2) is 0 Å². The van der Waals surface area contributed by atoms with Crippen LogP contribution in [0.15, 0.2) is 30.3 Å². The molecule has 1 aliphatic heterocycles. The Morgan fingerprint density at radius 3 is 2.56 bits per heavy atom. The van der Waals surface area contributed by atoms with Crippen molar-refractivity contribution >= 4 is 5.91 Å². The van der Waals surface area contributed by atoms with Crippen molar-refractivity contribution in [2.45, 2.75) is 18.4 Å². The minimum Gasteiger partial charge on any atom is -0.331 e. The maximum atomic E-state index is 11.9. The Morgan fingerprint density at radius 1 is 1.19 bits per heavy atom. The Labute approximate surface area is 95.4 Å². The zero-order valence-electron chi connectivity index (χ0n) is 9.28. The largest absolute Gasteiger partial charge is 0.331 e. The van der Waals surface area contributed by atoms with E-state index in [1.54, 1.807) is 0 Å². The summed E-state index contributed by atoms with van der Waals surface area (Å²) in [6.07, 6.45) is 2.23. The Balaban J connectivity index is 1.91. The van der Waals surface area contributed by atoms with Crippen molar-refractivity contribution in [3.63, 3.8) is 0 Å². The minimum atomic E-state index is 0.0282. The van der Waals surface area contributed by atoms with Crippen LogP contribution in [0, 0.1) is 0 Å². The van der Waals surface area contributed by atoms with E-state index in [-0.39, 0.29) is 11.4 Å². The zero-order valence-corrected chi connectivity index (χ0v) is 9.28. The molecule has 84 valence electrons. The van der Waals surface area contributed by atoms with Crippen LogP contribution in [-0.2, 0) is 10.3 Å². The molecule has 3 heteroatoms. The lowest BCUT2D eigenvalue weighted by Crippen LogP contribution is -2.52. The molecular formula is C13H16N2O. The number of carbonyl (C=O) groups excluding carboxylic acids is 1. The van der Waals surface area contributed by atoms with Gasteiger partial charge in [0, 0.05) is 13.1 Å². The van der Waals surface area contributed by atoms with E-state index in [1.807, 2.05) is 6.07 Å². The molecule has 0 aromatic heterocycles. The molecule has 1 amide bonds. The number of nitrogens with zero attached hydrogens (tertiary/aromatic N) is 1. The van der Waals surface area contributed by atoms with Gasteiger partial charge in [-0.05, 0) is 18.4 Å². The quantitative estimate of drug-likeness (QED) is 0.803. The molecule has 16 heavy (non-hydrogen) atoms. The van der Waals surface area contributed by atoms with Gasteiger partial charge < -0.3 is 10.2 Å². The standard InChI is InChI=1S/C13H16N2O/c16-12-10-14-8-9-15(12)13(6-7-13)11-4-2-1-3-5-11/h1-5,14H,6-10H2. The minimum absolute atomic E-state index is 0.0282. The highest BCUT2D eigenvalue weighted by Crippen LogP contribution is 2.51. The van der Waals surface area contributed by atoms with Crippen molar-refractivity contribution in [1.82, 2.24) is 10.2 Å². The van der Waals surface area contributed by atoms with E-state index in [9.17, 15) is 4.79 Å². The summed E-state index contributed by atoms with van der Waals surface area (Å²) in [5, 5.41) is 3.12. The second kappa shape index (κ2) is 3.59. The van der Waals surface area contributed by atoms with Crippen molar-refractivity contribution < 1.29 is 4.79 Å². The monoisotopic (exact) mass is 216 g/mol. The summed E-state index contributed by atoms with van der Waals surface area (Å²) in [6, 6.07) is 10.4. The van der Waals surface area contributed by atoms with Gasteiger partial charge in [0.2, 0.25) is 5.91 Å². The SMILES string of the molecule is O=C1CNCCN1C1(c2ccccc2)CC1. The molecule has 1 heterocycles. The molecule has 3 nitrogen and oxygen atoms in total. The van der Waals surface area contributed by atoms with Crippen molar-refractivity contribution in [3.8, 4) is 0 Å². The van der Waals surface area contributed by atoms with Crippen molar-refractivity contribution in [2.75, 3.05) is 19.6 Å². The average molecular weight is 216 g/mol. The van der Waals surface area contributed by atoms with Gasteiger partial charge in [-0.2, -0.15) is 0 Å². The van der Waals surface area contributed by atoms with Gasteiger partial charge in [-0.3, -0.25) is 4.79 Å². The predicted molar refractivity (Wildman–Crippen MR) is 61.9 cm³/mol. The zero-order chi connectivity index (χ0) is 11.0. The third-order valence-electron chi connectivity index (χ3n) is 3.64. The van der Waals surface area contributed by atoms with Crippen molar-refractivity contribution in [1.29, 1.82) is 0 Å². The summed E-state index contributed by atoms with van der Waals surface area (Å²) in [7, 11) is 0. The molecule has 0 spiro atoms. The molecule has 0 unspecified atom stereocenters. The predicted octanol–water partition coefficient (Wildman–Crippen LogP) is 1.11. The molecular weight excluding hydrogens is 200 g/mol. The van der Waals surface area contributed by atoms with E-state index in [1.165, 1.54) is 5.56 Å². The van der Waals surface area contributed by atoms with Gasteiger partial charge in [0.05, 0.1) is 12.1 Å². The second-order valence-corrected chi connectivity index (χ2v) is 4.62. The maximum absolute atomic E-state index is 11.9. The molecule has 0 atom stereocenters. The van der Waals surface area contributed by atoms with Crippen LogP contribution < -0.4 is 5.32 Å². The van der Waals surface area contributed by atoms with Gasteiger partial charge in [0.15, 0.2) is 0 Å². The Bertz CT molecular complexity index is 398. The van der Waals surface area contributed by atoms with Crippen LogP contribution >= 0.6 is 0 Å². The molecule has 1 aliphatic carbocycles. The molecule has 1 saturated heterocycles. The van der Waals surface area contributed by atoms with Crippen LogP contribution in [0.1, 0.15) is 18.4 Å². The van der Waals surface area contributed by atoms with E-state index in [0.717, 1.165) is 25.9 Å². The second-order valence-electron chi connectivity index (χ2n) is 4.62. The van der Waals surface area contributed by atoms with Crippen LogP contribution in [0.25, 0.3) is 0 Å². The maximum Gasteiger partial charge on any atom is 0.237 e. The van der Waals surface area contributed by atoms with E-state index in [2.05, 4.69) is 34.5 Å². The van der Waals surface area contributed by atoms with E-state index in [4.69, 9.17) is 0 Å². The van der Waals surface area contributed by atoms with Crippen molar-refractivity contribution in [3.05, 3.63) is 35.9 Å². The molecule has 0 radical (unpaired) electrons. The molecule has 1 aromatic rings. The number of benzene rings is 1. The highest BCUT2D eigenvalue weighted by molar-refractivity contribution is 5.80. The molecule has 1 saturated carbocycles. The van der Waals surface area contributed by atoms with E-state index in [0.29, 0.717) is 6.54 Å². The van der Waals surface area contributed by atoms with Gasteiger partial charge in [0.25, 0.3) is 0 Å². The number of hydrogen-bond acceptors (Lipinski definition) is 2. The number of hydrogen-bond donors (Lipinski definition) is 1. The first-order chi connectivity index (χ1) is 7.83. The van der Waals surface area contributed by atoms with Crippen LogP contribution in [0.5, 0.6) is 0 Å². The number of nitrogens with one attached hydrogen (secondary N) is 1. The summed E-state index contributed by atoms with van der Waals surface area (Å²) in [5.41, 5.74) is 1.32. The third-order valence-corrected chi connectivity index (χ3v) is 3.64. The third kappa shape index (κ3) is 1.43. The Kier molecular flexibility index (Phi) is 2.21. The van der Waals surface area contributed by atoms with Crippen LogP contribution in [0.2, 0.25) is 0 Å². The smallest absolute Gasteiger partial charge is 0.237 e. The number of carbonyl (C=O) groups is 1. The molecule has 1 N–H and O–H groups in total. The van der Waals surface area contributed by atoms with Gasteiger partial charge in [-0.1, -0.05) is 30.3 Å². The lowest BCUT2D eigenvalue weighted by molar-refractivity contribution is -0.135. The van der Waals surface area contributed by atoms with Crippen LogP contribution in [0.3, 0.4) is 0 Å². The summed E-state index contributed by atoms with van der Waals surface area (Å²) < 4.78 is 0. The fraction of sp³-hybridized carbons (Fsp3) is 0.462. The summed E-state index contributed by atoms with van der Waals surface area (Å²) in [6.45, 7) is 2.25. The van der Waals surface area contributed by atoms with E-state index < -0.39 is 0 Å². The molecule has 2 aliphatic rings. The normalized spacial score (nSPS) is 23.2. The number of piperazine rings is 1. The van der Waals surface area contributed by atoms with E-state index >= 15 is 0 Å². The van der Waals surface area contributed by atoms with Crippen molar-refractivity contribution in [2.24, 2.45) is 0 Å². The van der Waals surface area contributed by atoms with Gasteiger partial charge in [0.1, 0.15) is 0 Å². The molecule has 1 aromatic carbocycles. The lowest BCUT2D eigenvalue weighted by atomic mass is 10.0. The topological polar surface area (TPSA) is 32.3 Å². The Morgan fingerprint density at radius 2 is 1.94 bits per heavy atom. The summed E-state index contributed by atoms with van der Waals surface area (Å²) in [4.78, 5) is 14.0. The molecule has 0 bridgehead atoms. The van der Waals surface area contributed by atoms with Crippen LogP contribution in [-0.4, -0.2) is 30.4 Å². The van der Waals surface area contributed by atoms with Crippen LogP contribution in [0.4, 0.5) is 0 Å². The first-order valence-corrected chi connectivity index (χ1v) is 5.90. The first-order valence-electron chi connectivity index (χ1n) is 5.90. The highest BCUT2D eigenvalue weighted by atomic mass is 16.2. The summed E-state index contributed by atoms with van der Waals surface area (Å²) in [5.74, 6) is 0.243. The Hall–Kier alpha value is -1.35. The molecule has 3 rings (SSSR count).